The van der Waals surface area contributed by atoms with Crippen LogP contribution >= 0.6 is 0 Å². The smallest absolute Gasteiger partial charge is 0.241 e. The zero-order valence-corrected chi connectivity index (χ0v) is 9.72. The van der Waals surface area contributed by atoms with E-state index in [4.69, 9.17) is 11.5 Å². The van der Waals surface area contributed by atoms with Gasteiger partial charge in [-0.05, 0) is 12.5 Å². The summed E-state index contributed by atoms with van der Waals surface area (Å²) in [5.74, 6) is -0.768. The fraction of sp³-hybridized carbons (Fsp3) is 0.333. The number of carbonyl (C=O) groups is 2. The monoisotopic (exact) mass is 235 g/mol. The van der Waals surface area contributed by atoms with Crippen LogP contribution in [0.4, 0.5) is 0 Å². The number of rotatable bonds is 5. The predicted molar refractivity (Wildman–Crippen MR) is 64.8 cm³/mol. The number of amides is 2. The number of primary amides is 1. The van der Waals surface area contributed by atoms with Crippen LogP contribution in [-0.2, 0) is 9.59 Å². The summed E-state index contributed by atoms with van der Waals surface area (Å²) in [7, 11) is 0. The first-order valence-electron chi connectivity index (χ1n) is 5.40. The molecule has 1 unspecified atom stereocenters. The summed E-state index contributed by atoms with van der Waals surface area (Å²) < 4.78 is 0. The highest BCUT2D eigenvalue weighted by Gasteiger charge is 2.17. The highest BCUT2D eigenvalue weighted by atomic mass is 16.2. The van der Waals surface area contributed by atoms with Crippen molar-refractivity contribution in [2.24, 2.45) is 11.5 Å². The lowest BCUT2D eigenvalue weighted by molar-refractivity contribution is -0.123. The second kappa shape index (κ2) is 6.00. The first-order valence-corrected chi connectivity index (χ1v) is 5.40. The summed E-state index contributed by atoms with van der Waals surface area (Å²) in [6.07, 6.45) is 0.104. The van der Waals surface area contributed by atoms with Crippen molar-refractivity contribution in [2.75, 3.05) is 0 Å². The lowest BCUT2D eigenvalue weighted by atomic mass is 10.1. The second-order valence-corrected chi connectivity index (χ2v) is 3.97. The van der Waals surface area contributed by atoms with Crippen LogP contribution in [0.15, 0.2) is 30.3 Å². The van der Waals surface area contributed by atoms with Gasteiger partial charge in [-0.2, -0.15) is 0 Å². The van der Waals surface area contributed by atoms with E-state index in [1.54, 1.807) is 19.1 Å². The quantitative estimate of drug-likeness (QED) is 0.673. The maximum absolute atomic E-state index is 11.7. The molecule has 0 spiro atoms. The van der Waals surface area contributed by atoms with Gasteiger partial charge in [0.05, 0.1) is 0 Å². The second-order valence-electron chi connectivity index (χ2n) is 3.97. The summed E-state index contributed by atoms with van der Waals surface area (Å²) in [5.41, 5.74) is 11.6. The summed E-state index contributed by atoms with van der Waals surface area (Å²) >= 11 is 0. The first-order chi connectivity index (χ1) is 8.00. The van der Waals surface area contributed by atoms with Gasteiger partial charge in [0.1, 0.15) is 6.04 Å². The van der Waals surface area contributed by atoms with Crippen molar-refractivity contribution in [1.29, 1.82) is 0 Å². The topological polar surface area (TPSA) is 98.2 Å². The first kappa shape index (κ1) is 13.2. The molecule has 0 fully saturated rings. The van der Waals surface area contributed by atoms with Crippen LogP contribution in [0.5, 0.6) is 0 Å². The summed E-state index contributed by atoms with van der Waals surface area (Å²) in [6.45, 7) is 1.71. The maximum Gasteiger partial charge on any atom is 0.241 e. The SMILES string of the molecule is CC(CC(N)=O)NC(=O)[C@H](N)c1ccccc1. The van der Waals surface area contributed by atoms with Gasteiger partial charge in [-0.15, -0.1) is 0 Å². The largest absolute Gasteiger partial charge is 0.370 e. The molecule has 0 aliphatic carbocycles. The third-order valence-electron chi connectivity index (χ3n) is 2.34. The van der Waals surface area contributed by atoms with Crippen LogP contribution in [0.25, 0.3) is 0 Å². The molecule has 0 aliphatic heterocycles. The van der Waals surface area contributed by atoms with Gasteiger partial charge in [-0.3, -0.25) is 9.59 Å². The molecule has 0 radical (unpaired) electrons. The molecule has 92 valence electrons. The number of nitrogens with two attached hydrogens (primary N) is 2. The van der Waals surface area contributed by atoms with E-state index >= 15 is 0 Å². The van der Waals surface area contributed by atoms with E-state index in [1.807, 2.05) is 18.2 Å². The maximum atomic E-state index is 11.7. The highest BCUT2D eigenvalue weighted by Crippen LogP contribution is 2.09. The number of carbonyl (C=O) groups excluding carboxylic acids is 2. The van der Waals surface area contributed by atoms with E-state index in [1.165, 1.54) is 0 Å². The van der Waals surface area contributed by atoms with E-state index in [-0.39, 0.29) is 18.4 Å². The zero-order chi connectivity index (χ0) is 12.8. The van der Waals surface area contributed by atoms with Crippen molar-refractivity contribution in [2.45, 2.75) is 25.4 Å². The average Bonchev–Trinajstić information content (AvgIpc) is 2.28. The molecule has 1 aromatic rings. The molecule has 17 heavy (non-hydrogen) atoms. The molecule has 1 aromatic carbocycles. The van der Waals surface area contributed by atoms with Crippen molar-refractivity contribution in [3.63, 3.8) is 0 Å². The number of nitrogens with one attached hydrogen (secondary N) is 1. The van der Waals surface area contributed by atoms with E-state index in [9.17, 15) is 9.59 Å². The minimum absolute atomic E-state index is 0.104. The van der Waals surface area contributed by atoms with Gasteiger partial charge in [-0.25, -0.2) is 0 Å². The Morgan fingerprint density at radius 2 is 1.88 bits per heavy atom. The lowest BCUT2D eigenvalue weighted by Gasteiger charge is -2.16. The Labute approximate surface area is 100 Å². The normalized spacial score (nSPS) is 13.8. The molecule has 0 aliphatic rings. The Balaban J connectivity index is 2.56. The van der Waals surface area contributed by atoms with E-state index in [2.05, 4.69) is 5.32 Å². The predicted octanol–water partition coefficient (Wildman–Crippen LogP) is 0.0665. The van der Waals surface area contributed by atoms with Crippen LogP contribution in [0.3, 0.4) is 0 Å². The van der Waals surface area contributed by atoms with E-state index < -0.39 is 11.9 Å². The molecule has 5 N–H and O–H groups in total. The van der Waals surface area contributed by atoms with Gasteiger partial charge < -0.3 is 16.8 Å². The summed E-state index contributed by atoms with van der Waals surface area (Å²) in [6, 6.07) is 8.00. The third-order valence-corrected chi connectivity index (χ3v) is 2.34. The van der Waals surface area contributed by atoms with Crippen LogP contribution in [0.1, 0.15) is 24.9 Å². The van der Waals surface area contributed by atoms with Crippen LogP contribution in [-0.4, -0.2) is 17.9 Å². The van der Waals surface area contributed by atoms with Crippen LogP contribution in [0.2, 0.25) is 0 Å². The lowest BCUT2D eigenvalue weighted by Crippen LogP contribution is -2.41. The van der Waals surface area contributed by atoms with E-state index in [0.29, 0.717) is 0 Å². The van der Waals surface area contributed by atoms with Gasteiger partial charge in [0, 0.05) is 12.5 Å². The Kier molecular flexibility index (Phi) is 4.66. The van der Waals surface area contributed by atoms with Crippen molar-refractivity contribution in [1.82, 2.24) is 5.32 Å². The standard InChI is InChI=1S/C12H17N3O2/c1-8(7-10(13)16)15-12(17)11(14)9-5-3-2-4-6-9/h2-6,8,11H,7,14H2,1H3,(H2,13,16)(H,15,17)/t8?,11-/m1/s1. The molecule has 2 atom stereocenters. The number of hydrogen-bond donors (Lipinski definition) is 3. The third kappa shape index (κ3) is 4.24. The fourth-order valence-electron chi connectivity index (χ4n) is 1.50. The molecule has 0 heterocycles. The molecule has 5 heteroatoms. The average molecular weight is 235 g/mol. The van der Waals surface area contributed by atoms with Gasteiger partial charge in [0.2, 0.25) is 11.8 Å². The molecule has 0 aromatic heterocycles. The summed E-state index contributed by atoms with van der Waals surface area (Å²) in [4.78, 5) is 22.4. The number of benzene rings is 1. The molecule has 1 rings (SSSR count). The van der Waals surface area contributed by atoms with Crippen LogP contribution in [0, 0.1) is 0 Å². The van der Waals surface area contributed by atoms with Crippen molar-refractivity contribution < 1.29 is 9.59 Å². The fourth-order valence-corrected chi connectivity index (χ4v) is 1.50. The molecular formula is C12H17N3O2. The van der Waals surface area contributed by atoms with E-state index in [0.717, 1.165) is 5.56 Å². The Bertz CT molecular complexity index is 392. The zero-order valence-electron chi connectivity index (χ0n) is 9.72. The minimum atomic E-state index is -0.730. The van der Waals surface area contributed by atoms with Gasteiger partial charge in [0.25, 0.3) is 0 Å². The summed E-state index contributed by atoms with van der Waals surface area (Å²) in [5, 5.41) is 2.64. The Morgan fingerprint density at radius 3 is 2.41 bits per heavy atom. The molecule has 0 saturated carbocycles. The van der Waals surface area contributed by atoms with Crippen LogP contribution < -0.4 is 16.8 Å². The van der Waals surface area contributed by atoms with Gasteiger partial charge in [0.15, 0.2) is 0 Å². The van der Waals surface area contributed by atoms with Crippen molar-refractivity contribution in [3.05, 3.63) is 35.9 Å². The highest BCUT2D eigenvalue weighted by molar-refractivity contribution is 5.84. The Hall–Kier alpha value is -1.88. The van der Waals surface area contributed by atoms with Crippen molar-refractivity contribution >= 4 is 11.8 Å². The van der Waals surface area contributed by atoms with Gasteiger partial charge in [-0.1, -0.05) is 30.3 Å². The Morgan fingerprint density at radius 1 is 1.29 bits per heavy atom. The van der Waals surface area contributed by atoms with Crippen molar-refractivity contribution in [3.8, 4) is 0 Å². The minimum Gasteiger partial charge on any atom is -0.370 e. The molecule has 0 bridgehead atoms. The molecule has 0 saturated heterocycles. The van der Waals surface area contributed by atoms with Gasteiger partial charge >= 0.3 is 0 Å². The molecule has 2 amide bonds. The molecule has 5 nitrogen and oxygen atoms in total. The molecular weight excluding hydrogens is 218 g/mol. The number of hydrogen-bond acceptors (Lipinski definition) is 3.